The van der Waals surface area contributed by atoms with Crippen LogP contribution >= 0.6 is 0 Å². The Hall–Kier alpha value is -2.04. The molecule has 0 aliphatic heterocycles. The summed E-state index contributed by atoms with van der Waals surface area (Å²) < 4.78 is 5.71. The first-order chi connectivity index (χ1) is 9.85. The monoisotopic (exact) mass is 292 g/mol. The van der Waals surface area contributed by atoms with Crippen LogP contribution in [0, 0.1) is 12.8 Å². The van der Waals surface area contributed by atoms with Crippen molar-refractivity contribution in [3.05, 3.63) is 29.3 Å². The van der Waals surface area contributed by atoms with Crippen molar-refractivity contribution in [2.75, 3.05) is 6.54 Å². The van der Waals surface area contributed by atoms with Crippen molar-refractivity contribution in [1.29, 1.82) is 0 Å². The SMILES string of the molecule is C/C(=N\O)c1cc(C)ccc1OC(C)C(=O)NCC(C)C. The normalized spacial score (nSPS) is 13.1. The van der Waals surface area contributed by atoms with E-state index < -0.39 is 6.10 Å². The van der Waals surface area contributed by atoms with Gasteiger partial charge in [0.05, 0.1) is 5.71 Å². The minimum atomic E-state index is -0.614. The third kappa shape index (κ3) is 5.10. The third-order valence-corrected chi connectivity index (χ3v) is 3.03. The Kier molecular flexibility index (Phi) is 6.21. The largest absolute Gasteiger partial charge is 0.480 e. The van der Waals surface area contributed by atoms with E-state index in [-0.39, 0.29) is 5.91 Å². The Morgan fingerprint density at radius 2 is 2.05 bits per heavy atom. The molecule has 1 atom stereocenters. The van der Waals surface area contributed by atoms with Crippen molar-refractivity contribution < 1.29 is 14.7 Å². The first-order valence-corrected chi connectivity index (χ1v) is 7.09. The van der Waals surface area contributed by atoms with E-state index in [0.29, 0.717) is 29.5 Å². The molecule has 1 unspecified atom stereocenters. The number of amides is 1. The fourth-order valence-corrected chi connectivity index (χ4v) is 1.78. The van der Waals surface area contributed by atoms with Gasteiger partial charge in [0.1, 0.15) is 5.75 Å². The summed E-state index contributed by atoms with van der Waals surface area (Å²) in [4.78, 5) is 12.0. The van der Waals surface area contributed by atoms with Gasteiger partial charge in [-0.05, 0) is 38.8 Å². The maximum Gasteiger partial charge on any atom is 0.260 e. The van der Waals surface area contributed by atoms with Crippen LogP contribution in [-0.4, -0.2) is 29.5 Å². The number of hydrogen-bond acceptors (Lipinski definition) is 4. The van der Waals surface area contributed by atoms with Crippen LogP contribution in [0.4, 0.5) is 0 Å². The summed E-state index contributed by atoms with van der Waals surface area (Å²) in [5.41, 5.74) is 2.15. The van der Waals surface area contributed by atoms with E-state index >= 15 is 0 Å². The van der Waals surface area contributed by atoms with Gasteiger partial charge in [-0.1, -0.05) is 30.6 Å². The number of carbonyl (C=O) groups excluding carboxylic acids is 1. The molecule has 116 valence electrons. The Morgan fingerprint density at radius 3 is 2.62 bits per heavy atom. The molecule has 0 aromatic heterocycles. The molecule has 21 heavy (non-hydrogen) atoms. The number of ether oxygens (including phenoxy) is 1. The van der Waals surface area contributed by atoms with E-state index in [9.17, 15) is 4.79 Å². The van der Waals surface area contributed by atoms with Crippen molar-refractivity contribution in [3.8, 4) is 5.75 Å². The zero-order valence-electron chi connectivity index (χ0n) is 13.3. The molecule has 0 aliphatic rings. The topological polar surface area (TPSA) is 70.9 Å². The van der Waals surface area contributed by atoms with Gasteiger partial charge in [0.15, 0.2) is 6.10 Å². The molecule has 1 aromatic rings. The summed E-state index contributed by atoms with van der Waals surface area (Å²) in [5.74, 6) is 0.761. The minimum absolute atomic E-state index is 0.159. The van der Waals surface area contributed by atoms with Crippen molar-refractivity contribution in [2.45, 2.75) is 40.7 Å². The lowest BCUT2D eigenvalue weighted by Crippen LogP contribution is -2.38. The van der Waals surface area contributed by atoms with Crippen molar-refractivity contribution in [3.63, 3.8) is 0 Å². The highest BCUT2D eigenvalue weighted by molar-refractivity contribution is 6.01. The van der Waals surface area contributed by atoms with E-state index in [1.807, 2.05) is 32.9 Å². The van der Waals surface area contributed by atoms with Gasteiger partial charge in [-0.2, -0.15) is 0 Å². The lowest BCUT2D eigenvalue weighted by atomic mass is 10.1. The fourth-order valence-electron chi connectivity index (χ4n) is 1.78. The van der Waals surface area contributed by atoms with E-state index in [4.69, 9.17) is 9.94 Å². The predicted molar refractivity (Wildman–Crippen MR) is 83.1 cm³/mol. The number of benzene rings is 1. The molecule has 5 heteroatoms. The second-order valence-corrected chi connectivity index (χ2v) is 5.58. The number of carbonyl (C=O) groups is 1. The fraction of sp³-hybridized carbons (Fsp3) is 0.500. The molecule has 0 saturated heterocycles. The van der Waals surface area contributed by atoms with Gasteiger partial charge in [-0.3, -0.25) is 4.79 Å². The van der Waals surface area contributed by atoms with Gasteiger partial charge in [-0.15, -0.1) is 0 Å². The molecule has 0 bridgehead atoms. The molecule has 0 heterocycles. The maximum atomic E-state index is 12.0. The Morgan fingerprint density at radius 1 is 1.38 bits per heavy atom. The number of nitrogens with one attached hydrogen (secondary N) is 1. The lowest BCUT2D eigenvalue weighted by Gasteiger charge is -2.18. The summed E-state index contributed by atoms with van der Waals surface area (Å²) in [6.45, 7) is 10.0. The highest BCUT2D eigenvalue weighted by Gasteiger charge is 2.17. The quantitative estimate of drug-likeness (QED) is 0.481. The predicted octanol–water partition coefficient (Wildman–Crippen LogP) is 2.73. The summed E-state index contributed by atoms with van der Waals surface area (Å²) in [6, 6.07) is 5.54. The first-order valence-electron chi connectivity index (χ1n) is 7.09. The van der Waals surface area contributed by atoms with E-state index in [0.717, 1.165) is 5.56 Å². The Labute approximate surface area is 126 Å². The highest BCUT2D eigenvalue weighted by Crippen LogP contribution is 2.22. The van der Waals surface area contributed by atoms with Crippen LogP contribution in [0.5, 0.6) is 5.75 Å². The van der Waals surface area contributed by atoms with Crippen molar-refractivity contribution in [1.82, 2.24) is 5.32 Å². The van der Waals surface area contributed by atoms with Gasteiger partial charge in [-0.25, -0.2) is 0 Å². The van der Waals surface area contributed by atoms with Crippen LogP contribution in [0.3, 0.4) is 0 Å². The summed E-state index contributed by atoms with van der Waals surface area (Å²) in [7, 11) is 0. The van der Waals surface area contributed by atoms with Gasteiger partial charge in [0.25, 0.3) is 5.91 Å². The Bertz CT molecular complexity index is 524. The molecule has 0 spiro atoms. The first kappa shape index (κ1) is 17.0. The third-order valence-electron chi connectivity index (χ3n) is 3.03. The van der Waals surface area contributed by atoms with Gasteiger partial charge in [0, 0.05) is 12.1 Å². The smallest absolute Gasteiger partial charge is 0.260 e. The molecule has 0 fully saturated rings. The van der Waals surface area contributed by atoms with Gasteiger partial charge < -0.3 is 15.3 Å². The second kappa shape index (κ2) is 7.67. The number of rotatable bonds is 6. The Balaban J connectivity index is 2.85. The molecule has 0 radical (unpaired) electrons. The lowest BCUT2D eigenvalue weighted by molar-refractivity contribution is -0.127. The van der Waals surface area contributed by atoms with Crippen LogP contribution < -0.4 is 10.1 Å². The molecule has 2 N–H and O–H groups in total. The van der Waals surface area contributed by atoms with Crippen molar-refractivity contribution in [2.24, 2.45) is 11.1 Å². The summed E-state index contributed by atoms with van der Waals surface area (Å²) in [5, 5.41) is 15.0. The molecular weight excluding hydrogens is 268 g/mol. The molecule has 1 aromatic carbocycles. The maximum absolute atomic E-state index is 12.0. The van der Waals surface area contributed by atoms with Crippen LogP contribution in [-0.2, 0) is 4.79 Å². The highest BCUT2D eigenvalue weighted by atomic mass is 16.5. The van der Waals surface area contributed by atoms with E-state index in [1.165, 1.54) is 0 Å². The van der Waals surface area contributed by atoms with Crippen LogP contribution in [0.2, 0.25) is 0 Å². The zero-order chi connectivity index (χ0) is 16.0. The summed E-state index contributed by atoms with van der Waals surface area (Å²) >= 11 is 0. The van der Waals surface area contributed by atoms with E-state index in [1.54, 1.807) is 19.9 Å². The summed E-state index contributed by atoms with van der Waals surface area (Å²) in [6.07, 6.45) is -0.614. The molecule has 1 amide bonds. The standard InChI is InChI=1S/C16H24N2O3/c1-10(2)9-17-16(19)13(5)21-15-7-6-11(3)8-14(15)12(4)18-20/h6-8,10,13,20H,9H2,1-5H3,(H,17,19)/b18-12+. The average molecular weight is 292 g/mol. The zero-order valence-corrected chi connectivity index (χ0v) is 13.3. The number of oxime groups is 1. The van der Waals surface area contributed by atoms with Crippen LogP contribution in [0.25, 0.3) is 0 Å². The van der Waals surface area contributed by atoms with Crippen LogP contribution in [0.15, 0.2) is 23.4 Å². The van der Waals surface area contributed by atoms with Crippen LogP contribution in [0.1, 0.15) is 38.8 Å². The minimum Gasteiger partial charge on any atom is -0.480 e. The molecule has 5 nitrogen and oxygen atoms in total. The average Bonchev–Trinajstić information content (AvgIpc) is 2.45. The number of hydrogen-bond donors (Lipinski definition) is 2. The van der Waals surface area contributed by atoms with Crippen molar-refractivity contribution >= 4 is 11.6 Å². The number of nitrogens with zero attached hydrogens (tertiary/aromatic N) is 1. The molecule has 1 rings (SSSR count). The molecule has 0 saturated carbocycles. The van der Waals surface area contributed by atoms with Gasteiger partial charge in [0.2, 0.25) is 0 Å². The molecular formula is C16H24N2O3. The molecule has 0 aliphatic carbocycles. The second-order valence-electron chi connectivity index (χ2n) is 5.58. The van der Waals surface area contributed by atoms with E-state index in [2.05, 4.69) is 10.5 Å². The van der Waals surface area contributed by atoms with Gasteiger partial charge >= 0.3 is 0 Å². The number of aryl methyl sites for hydroxylation is 1.